The first kappa shape index (κ1) is 17.7. The standard InChI is InChI=1S/C18H15N3O4S/c22-15(19-13-8-6-11(7-9-13)17(24)25)10-14-16(23)21-18(26-14)20-12-4-2-1-3-5-12/h1-9,14H,10H2,(H,19,22)(H,24,25)(H,20,21,23)/p-1/t14-/m1/s1. The van der Waals surface area contributed by atoms with E-state index < -0.39 is 11.2 Å². The predicted molar refractivity (Wildman–Crippen MR) is 97.1 cm³/mol. The molecule has 1 aliphatic heterocycles. The molecule has 0 aromatic heterocycles. The minimum Gasteiger partial charge on any atom is -0.545 e. The third-order valence-electron chi connectivity index (χ3n) is 3.54. The predicted octanol–water partition coefficient (Wildman–Crippen LogP) is 1.30. The third kappa shape index (κ3) is 4.48. The fourth-order valence-electron chi connectivity index (χ4n) is 2.28. The normalized spacial score (nSPS) is 17.8. The summed E-state index contributed by atoms with van der Waals surface area (Å²) >= 11 is 1.20. The summed E-state index contributed by atoms with van der Waals surface area (Å²) in [5.41, 5.74) is 1.19. The molecule has 3 rings (SSSR count). The van der Waals surface area contributed by atoms with Gasteiger partial charge in [-0.3, -0.25) is 9.59 Å². The summed E-state index contributed by atoms with van der Waals surface area (Å²) in [6.45, 7) is 0. The van der Waals surface area contributed by atoms with Gasteiger partial charge in [-0.05, 0) is 29.8 Å². The molecule has 0 saturated carbocycles. The highest BCUT2D eigenvalue weighted by Crippen LogP contribution is 2.25. The van der Waals surface area contributed by atoms with Crippen molar-refractivity contribution in [2.45, 2.75) is 11.7 Å². The van der Waals surface area contributed by atoms with Gasteiger partial charge >= 0.3 is 0 Å². The number of aliphatic imine (C=N–C) groups is 1. The monoisotopic (exact) mass is 368 g/mol. The molecule has 26 heavy (non-hydrogen) atoms. The van der Waals surface area contributed by atoms with Crippen molar-refractivity contribution in [3.05, 3.63) is 60.2 Å². The van der Waals surface area contributed by atoms with Crippen LogP contribution in [0.1, 0.15) is 16.8 Å². The van der Waals surface area contributed by atoms with Crippen LogP contribution in [0.25, 0.3) is 0 Å². The molecule has 2 aromatic rings. The van der Waals surface area contributed by atoms with Crippen LogP contribution >= 0.6 is 11.8 Å². The first-order chi connectivity index (χ1) is 12.5. The maximum atomic E-state index is 12.1. The van der Waals surface area contributed by atoms with Crippen LogP contribution in [0.3, 0.4) is 0 Å². The van der Waals surface area contributed by atoms with Gasteiger partial charge in [0.15, 0.2) is 5.17 Å². The van der Waals surface area contributed by atoms with Gasteiger partial charge in [0.05, 0.1) is 11.7 Å². The Kier molecular flexibility index (Phi) is 5.33. The van der Waals surface area contributed by atoms with E-state index in [4.69, 9.17) is 0 Å². The molecule has 1 atom stereocenters. The zero-order valence-electron chi connectivity index (χ0n) is 13.5. The molecule has 1 fully saturated rings. The Morgan fingerprint density at radius 2 is 1.81 bits per heavy atom. The Morgan fingerprint density at radius 1 is 1.12 bits per heavy atom. The Balaban J connectivity index is 1.58. The molecule has 8 heteroatoms. The van der Waals surface area contributed by atoms with Crippen molar-refractivity contribution >= 4 is 46.1 Å². The maximum absolute atomic E-state index is 12.1. The Labute approximate surface area is 153 Å². The smallest absolute Gasteiger partial charge is 0.240 e. The number of hydrogen-bond acceptors (Lipinski definition) is 6. The fourth-order valence-corrected chi connectivity index (χ4v) is 3.27. The first-order valence-corrected chi connectivity index (χ1v) is 8.62. The molecule has 2 aromatic carbocycles. The van der Waals surface area contributed by atoms with E-state index in [0.717, 1.165) is 0 Å². The summed E-state index contributed by atoms with van der Waals surface area (Å²) in [4.78, 5) is 39.2. The highest BCUT2D eigenvalue weighted by atomic mass is 32.2. The van der Waals surface area contributed by atoms with E-state index in [1.54, 1.807) is 0 Å². The van der Waals surface area contributed by atoms with Crippen molar-refractivity contribution in [3.63, 3.8) is 0 Å². The summed E-state index contributed by atoms with van der Waals surface area (Å²) in [7, 11) is 0. The summed E-state index contributed by atoms with van der Waals surface area (Å²) in [5.74, 6) is -1.90. The highest BCUT2D eigenvalue weighted by molar-refractivity contribution is 8.15. The van der Waals surface area contributed by atoms with Crippen molar-refractivity contribution in [2.75, 3.05) is 5.32 Å². The number of benzene rings is 2. The van der Waals surface area contributed by atoms with Crippen LogP contribution in [0, 0.1) is 0 Å². The summed E-state index contributed by atoms with van der Waals surface area (Å²) in [6.07, 6.45) is -0.0213. The molecule has 0 spiro atoms. The second-order valence-corrected chi connectivity index (χ2v) is 6.66. The molecule has 0 radical (unpaired) electrons. The zero-order valence-corrected chi connectivity index (χ0v) is 14.3. The maximum Gasteiger partial charge on any atom is 0.240 e. The molecule has 0 aliphatic carbocycles. The van der Waals surface area contributed by atoms with E-state index in [2.05, 4.69) is 15.6 Å². The van der Waals surface area contributed by atoms with Crippen LogP contribution in [-0.2, 0) is 9.59 Å². The van der Waals surface area contributed by atoms with E-state index in [1.165, 1.54) is 36.0 Å². The average Bonchev–Trinajstić information content (AvgIpc) is 2.95. The fraction of sp³-hybridized carbons (Fsp3) is 0.111. The number of carbonyl (C=O) groups is 3. The topological polar surface area (TPSA) is 111 Å². The SMILES string of the molecule is O=C(C[C@H]1SC(=Nc2ccccc2)NC1=O)Nc1ccc(C(=O)[O-])cc1. The lowest BCUT2D eigenvalue weighted by Gasteiger charge is -2.08. The number of nitrogens with one attached hydrogen (secondary N) is 2. The lowest BCUT2D eigenvalue weighted by atomic mass is 10.2. The largest absolute Gasteiger partial charge is 0.545 e. The number of aromatic carboxylic acids is 1. The number of nitrogens with zero attached hydrogens (tertiary/aromatic N) is 1. The quantitative estimate of drug-likeness (QED) is 0.826. The van der Waals surface area contributed by atoms with Gasteiger partial charge in [0.2, 0.25) is 11.8 Å². The van der Waals surface area contributed by atoms with Crippen molar-refractivity contribution < 1.29 is 19.5 Å². The van der Waals surface area contributed by atoms with E-state index in [0.29, 0.717) is 16.5 Å². The van der Waals surface area contributed by atoms with Crippen LogP contribution in [0.5, 0.6) is 0 Å². The number of carboxylic acid groups (broad SMARTS) is 1. The van der Waals surface area contributed by atoms with Crippen molar-refractivity contribution in [2.24, 2.45) is 4.99 Å². The average molecular weight is 368 g/mol. The molecule has 0 unspecified atom stereocenters. The van der Waals surface area contributed by atoms with Crippen molar-refractivity contribution in [1.82, 2.24) is 5.32 Å². The second kappa shape index (κ2) is 7.83. The van der Waals surface area contributed by atoms with Gasteiger partial charge in [-0.15, -0.1) is 0 Å². The lowest BCUT2D eigenvalue weighted by molar-refractivity contribution is -0.255. The summed E-state index contributed by atoms with van der Waals surface area (Å²) in [5, 5.41) is 15.9. The lowest BCUT2D eigenvalue weighted by Crippen LogP contribution is -2.28. The van der Waals surface area contributed by atoms with Crippen LogP contribution in [0.2, 0.25) is 0 Å². The van der Waals surface area contributed by atoms with Crippen LogP contribution in [0.15, 0.2) is 59.6 Å². The Bertz CT molecular complexity index is 866. The Hall–Kier alpha value is -3.13. The van der Waals surface area contributed by atoms with Crippen molar-refractivity contribution in [3.8, 4) is 0 Å². The van der Waals surface area contributed by atoms with Gasteiger partial charge in [-0.25, -0.2) is 4.99 Å². The number of para-hydroxylation sites is 1. The Morgan fingerprint density at radius 3 is 2.46 bits per heavy atom. The number of thioether (sulfide) groups is 1. The number of amides is 2. The van der Waals surface area contributed by atoms with Gasteiger partial charge in [0.1, 0.15) is 5.25 Å². The minimum absolute atomic E-state index is 0.0213. The number of amidine groups is 1. The molecule has 0 bridgehead atoms. The van der Waals surface area contributed by atoms with Crippen LogP contribution in [-0.4, -0.2) is 28.2 Å². The second-order valence-electron chi connectivity index (χ2n) is 5.47. The molecular formula is C18H14N3O4S-. The third-order valence-corrected chi connectivity index (χ3v) is 4.62. The van der Waals surface area contributed by atoms with Gasteiger partial charge in [0.25, 0.3) is 0 Å². The molecule has 2 amide bonds. The van der Waals surface area contributed by atoms with Crippen molar-refractivity contribution in [1.29, 1.82) is 0 Å². The number of rotatable bonds is 5. The molecule has 7 nitrogen and oxygen atoms in total. The minimum atomic E-state index is -1.29. The molecular weight excluding hydrogens is 354 g/mol. The molecule has 1 heterocycles. The van der Waals surface area contributed by atoms with E-state index in [9.17, 15) is 19.5 Å². The van der Waals surface area contributed by atoms with Crippen LogP contribution in [0.4, 0.5) is 11.4 Å². The van der Waals surface area contributed by atoms with Gasteiger partial charge in [-0.1, -0.05) is 42.1 Å². The van der Waals surface area contributed by atoms with E-state index in [-0.39, 0.29) is 23.8 Å². The highest BCUT2D eigenvalue weighted by Gasteiger charge is 2.32. The number of carbonyl (C=O) groups excluding carboxylic acids is 3. The molecule has 132 valence electrons. The molecule has 1 saturated heterocycles. The number of carboxylic acids is 1. The zero-order chi connectivity index (χ0) is 18.5. The van der Waals surface area contributed by atoms with Gasteiger partial charge in [0, 0.05) is 12.1 Å². The first-order valence-electron chi connectivity index (χ1n) is 7.74. The van der Waals surface area contributed by atoms with E-state index >= 15 is 0 Å². The van der Waals surface area contributed by atoms with E-state index in [1.807, 2.05) is 30.3 Å². The summed E-state index contributed by atoms with van der Waals surface area (Å²) in [6, 6.07) is 14.8. The van der Waals surface area contributed by atoms with Crippen LogP contribution < -0.4 is 15.7 Å². The van der Waals surface area contributed by atoms with Gasteiger partial charge in [-0.2, -0.15) is 0 Å². The number of hydrogen-bond donors (Lipinski definition) is 2. The molecule has 1 aliphatic rings. The number of anilines is 1. The van der Waals surface area contributed by atoms with Gasteiger partial charge < -0.3 is 20.5 Å². The molecule has 2 N–H and O–H groups in total. The summed E-state index contributed by atoms with van der Waals surface area (Å²) < 4.78 is 0.